The lowest BCUT2D eigenvalue weighted by molar-refractivity contribution is -0.115. The van der Waals surface area contributed by atoms with Crippen LogP contribution >= 0.6 is 11.8 Å². The predicted octanol–water partition coefficient (Wildman–Crippen LogP) is 4.18. The Balaban J connectivity index is 1.77. The van der Waals surface area contributed by atoms with Crippen molar-refractivity contribution in [3.8, 4) is 17.0 Å². The van der Waals surface area contributed by atoms with Crippen molar-refractivity contribution in [3.05, 3.63) is 70.0 Å². The molecule has 1 atom stereocenters. The van der Waals surface area contributed by atoms with Crippen LogP contribution in [0.5, 0.6) is 5.75 Å². The minimum atomic E-state index is -0.441. The monoisotopic (exact) mass is 409 g/mol. The third-order valence-electron chi connectivity index (χ3n) is 4.49. The highest BCUT2D eigenvalue weighted by molar-refractivity contribution is 8.00. The minimum Gasteiger partial charge on any atom is -0.497 e. The van der Waals surface area contributed by atoms with Crippen molar-refractivity contribution < 1.29 is 9.53 Å². The van der Waals surface area contributed by atoms with Gasteiger partial charge in [-0.05, 0) is 56.2 Å². The van der Waals surface area contributed by atoms with Gasteiger partial charge in [-0.2, -0.15) is 0 Å². The lowest BCUT2D eigenvalue weighted by atomic mass is 10.1. The number of carbonyl (C=O) groups is 1. The molecule has 1 amide bonds. The summed E-state index contributed by atoms with van der Waals surface area (Å²) in [7, 11) is 1.60. The van der Waals surface area contributed by atoms with Crippen LogP contribution < -0.4 is 15.6 Å². The summed E-state index contributed by atoms with van der Waals surface area (Å²) in [5.74, 6) is 0.579. The van der Waals surface area contributed by atoms with Gasteiger partial charge in [0.2, 0.25) is 5.91 Å². The Kier molecular flexibility index (Phi) is 6.39. The number of ether oxygens (including phenoxy) is 1. The largest absolute Gasteiger partial charge is 0.497 e. The maximum atomic E-state index is 12.7. The number of rotatable bonds is 6. The summed E-state index contributed by atoms with van der Waals surface area (Å²) in [5, 5.41) is 2.93. The Hall–Kier alpha value is -3.06. The smallest absolute Gasteiger partial charge is 0.252 e. The summed E-state index contributed by atoms with van der Waals surface area (Å²) in [4.78, 5) is 32.0. The molecule has 0 aliphatic carbocycles. The minimum absolute atomic E-state index is 0.148. The summed E-state index contributed by atoms with van der Waals surface area (Å²) >= 11 is 1.21. The molecule has 0 aliphatic heterocycles. The first-order valence-corrected chi connectivity index (χ1v) is 10.0. The Morgan fingerprint density at radius 2 is 1.79 bits per heavy atom. The third kappa shape index (κ3) is 5.06. The van der Waals surface area contributed by atoms with Gasteiger partial charge >= 0.3 is 0 Å². The topological polar surface area (TPSA) is 84.1 Å². The molecule has 7 heteroatoms. The first-order chi connectivity index (χ1) is 13.9. The summed E-state index contributed by atoms with van der Waals surface area (Å²) < 4.78 is 5.16. The number of methoxy groups -OCH3 is 1. The molecule has 1 unspecified atom stereocenters. The normalized spacial score (nSPS) is 11.7. The molecule has 29 heavy (non-hydrogen) atoms. The average Bonchev–Trinajstić information content (AvgIpc) is 2.70. The maximum absolute atomic E-state index is 12.7. The molecule has 150 valence electrons. The number of hydrogen-bond acceptors (Lipinski definition) is 5. The number of aromatic nitrogens is 2. The highest BCUT2D eigenvalue weighted by atomic mass is 32.2. The van der Waals surface area contributed by atoms with Crippen molar-refractivity contribution in [2.45, 2.75) is 31.2 Å². The summed E-state index contributed by atoms with van der Waals surface area (Å²) in [6, 6.07) is 14.6. The number of hydrogen-bond donors (Lipinski definition) is 2. The van der Waals surface area contributed by atoms with E-state index in [9.17, 15) is 9.59 Å². The lowest BCUT2D eigenvalue weighted by Gasteiger charge is -2.15. The van der Waals surface area contributed by atoms with E-state index in [0.29, 0.717) is 10.9 Å². The van der Waals surface area contributed by atoms with Crippen LogP contribution in [0.2, 0.25) is 0 Å². The Morgan fingerprint density at radius 3 is 2.41 bits per heavy atom. The second-order valence-electron chi connectivity index (χ2n) is 6.68. The van der Waals surface area contributed by atoms with Crippen LogP contribution in [-0.2, 0) is 4.79 Å². The molecule has 6 nitrogen and oxygen atoms in total. The van der Waals surface area contributed by atoms with E-state index >= 15 is 0 Å². The van der Waals surface area contributed by atoms with Gasteiger partial charge < -0.3 is 15.0 Å². The number of nitrogens with zero attached hydrogens (tertiary/aromatic N) is 1. The molecular weight excluding hydrogens is 386 g/mol. The van der Waals surface area contributed by atoms with Gasteiger partial charge in [0.05, 0.1) is 18.1 Å². The number of benzene rings is 2. The molecule has 1 aromatic heterocycles. The zero-order chi connectivity index (χ0) is 21.0. The number of amides is 1. The van der Waals surface area contributed by atoms with Crippen molar-refractivity contribution in [1.29, 1.82) is 0 Å². The fourth-order valence-corrected chi connectivity index (χ4v) is 3.67. The van der Waals surface area contributed by atoms with E-state index in [1.54, 1.807) is 14.0 Å². The Labute approximate surface area is 173 Å². The van der Waals surface area contributed by atoms with Crippen molar-refractivity contribution in [2.24, 2.45) is 0 Å². The van der Waals surface area contributed by atoms with E-state index in [2.05, 4.69) is 15.3 Å². The SMILES string of the molecule is COc1ccc(-c2cc(=O)[nH]c(SC(C)C(=O)Nc3c(C)cccc3C)n2)cc1. The van der Waals surface area contributed by atoms with E-state index < -0.39 is 5.25 Å². The second-order valence-corrected chi connectivity index (χ2v) is 8.01. The van der Waals surface area contributed by atoms with E-state index in [4.69, 9.17) is 4.74 Å². The molecule has 0 saturated heterocycles. The van der Waals surface area contributed by atoms with Crippen molar-refractivity contribution >= 4 is 23.4 Å². The third-order valence-corrected chi connectivity index (χ3v) is 5.48. The number of para-hydroxylation sites is 1. The number of aryl methyl sites for hydroxylation is 2. The number of aromatic amines is 1. The summed E-state index contributed by atoms with van der Waals surface area (Å²) in [5.41, 5.74) is 3.90. The van der Waals surface area contributed by atoms with Gasteiger partial charge in [-0.25, -0.2) is 4.98 Å². The van der Waals surface area contributed by atoms with Crippen LogP contribution in [0.4, 0.5) is 5.69 Å². The van der Waals surface area contributed by atoms with Gasteiger partial charge in [0.1, 0.15) is 5.75 Å². The van der Waals surface area contributed by atoms with Gasteiger partial charge in [0, 0.05) is 17.3 Å². The number of nitrogens with one attached hydrogen (secondary N) is 2. The molecule has 0 spiro atoms. The van der Waals surface area contributed by atoms with Gasteiger partial charge in [0.25, 0.3) is 5.56 Å². The van der Waals surface area contributed by atoms with E-state index in [1.807, 2.05) is 56.3 Å². The van der Waals surface area contributed by atoms with Crippen LogP contribution in [0.3, 0.4) is 0 Å². The Bertz CT molecular complexity index is 1060. The lowest BCUT2D eigenvalue weighted by Crippen LogP contribution is -2.24. The van der Waals surface area contributed by atoms with Crippen LogP contribution in [0, 0.1) is 13.8 Å². The predicted molar refractivity (Wildman–Crippen MR) is 117 cm³/mol. The highest BCUT2D eigenvalue weighted by Gasteiger charge is 2.18. The molecule has 3 rings (SSSR count). The molecule has 3 aromatic rings. The first-order valence-electron chi connectivity index (χ1n) is 9.17. The van der Waals surface area contributed by atoms with Crippen LogP contribution in [-0.4, -0.2) is 28.2 Å². The molecule has 0 saturated carbocycles. The quantitative estimate of drug-likeness (QED) is 0.471. The molecular formula is C22H23N3O3S. The Morgan fingerprint density at radius 1 is 1.14 bits per heavy atom. The van der Waals surface area contributed by atoms with Gasteiger partial charge in [0.15, 0.2) is 5.16 Å². The number of H-pyrrole nitrogens is 1. The van der Waals surface area contributed by atoms with Crippen molar-refractivity contribution in [1.82, 2.24) is 9.97 Å². The first kappa shape index (κ1) is 20.7. The van der Waals surface area contributed by atoms with Gasteiger partial charge in [-0.15, -0.1) is 0 Å². The highest BCUT2D eigenvalue weighted by Crippen LogP contribution is 2.25. The van der Waals surface area contributed by atoms with Crippen molar-refractivity contribution in [3.63, 3.8) is 0 Å². The molecule has 0 bridgehead atoms. The van der Waals surface area contributed by atoms with Crippen LogP contribution in [0.15, 0.2) is 58.5 Å². The van der Waals surface area contributed by atoms with E-state index in [-0.39, 0.29) is 11.5 Å². The standard InChI is InChI=1S/C22H23N3O3S/c1-13-6-5-7-14(2)20(13)25-21(27)15(3)29-22-23-18(12-19(26)24-22)16-8-10-17(28-4)11-9-16/h5-12,15H,1-4H3,(H,25,27)(H,23,24,26). The van der Waals surface area contributed by atoms with E-state index in [1.165, 1.54) is 17.8 Å². The van der Waals surface area contributed by atoms with Crippen LogP contribution in [0.25, 0.3) is 11.3 Å². The molecule has 2 aromatic carbocycles. The molecule has 0 aliphatic rings. The molecule has 2 N–H and O–H groups in total. The average molecular weight is 410 g/mol. The maximum Gasteiger partial charge on any atom is 0.252 e. The number of anilines is 1. The fourth-order valence-electron chi connectivity index (χ4n) is 2.86. The summed E-state index contributed by atoms with van der Waals surface area (Å²) in [6.45, 7) is 5.70. The van der Waals surface area contributed by atoms with Gasteiger partial charge in [-0.1, -0.05) is 30.0 Å². The van der Waals surface area contributed by atoms with Crippen molar-refractivity contribution in [2.75, 3.05) is 12.4 Å². The molecule has 0 fully saturated rings. The number of thioether (sulfide) groups is 1. The molecule has 1 heterocycles. The molecule has 0 radical (unpaired) electrons. The zero-order valence-corrected chi connectivity index (χ0v) is 17.6. The number of carbonyl (C=O) groups excluding carboxylic acids is 1. The van der Waals surface area contributed by atoms with E-state index in [0.717, 1.165) is 28.1 Å². The van der Waals surface area contributed by atoms with Gasteiger partial charge in [-0.3, -0.25) is 9.59 Å². The fraction of sp³-hybridized carbons (Fsp3) is 0.227. The summed E-state index contributed by atoms with van der Waals surface area (Å²) in [6.07, 6.45) is 0. The van der Waals surface area contributed by atoms with Crippen LogP contribution in [0.1, 0.15) is 18.1 Å². The second kappa shape index (κ2) is 8.96. The zero-order valence-electron chi connectivity index (χ0n) is 16.8.